The smallest absolute Gasteiger partial charge is 0.324 e. The summed E-state index contributed by atoms with van der Waals surface area (Å²) in [6, 6.07) is 13.3. The van der Waals surface area contributed by atoms with Crippen LogP contribution in [0.25, 0.3) is 10.8 Å². The molecule has 102 valence electrons. The van der Waals surface area contributed by atoms with Crippen LogP contribution in [0.2, 0.25) is 0 Å². The summed E-state index contributed by atoms with van der Waals surface area (Å²) in [4.78, 5) is 27.6. The summed E-state index contributed by atoms with van der Waals surface area (Å²) in [7, 11) is 0. The molecule has 3 amide bonds. The van der Waals surface area contributed by atoms with Crippen LogP contribution in [0, 0.1) is 0 Å². The molecule has 0 N–H and O–H groups in total. The standard InChI is InChI=1S/C16H16N2O2/c1-2-17-11-10-15(19)18(16(17)20)14-9-5-7-12-6-3-4-8-13(12)14/h3-9H,2,10-11H2,1H3. The molecule has 3 rings (SSSR count). The predicted molar refractivity (Wildman–Crippen MR) is 78.7 cm³/mol. The molecule has 0 bridgehead atoms. The molecule has 1 aliphatic rings. The lowest BCUT2D eigenvalue weighted by Crippen LogP contribution is -2.52. The van der Waals surface area contributed by atoms with Crippen molar-refractivity contribution < 1.29 is 9.59 Å². The Morgan fingerprint density at radius 2 is 1.80 bits per heavy atom. The Morgan fingerprint density at radius 3 is 2.60 bits per heavy atom. The van der Waals surface area contributed by atoms with Gasteiger partial charge in [-0.15, -0.1) is 0 Å². The van der Waals surface area contributed by atoms with Gasteiger partial charge in [0.25, 0.3) is 0 Å². The van der Waals surface area contributed by atoms with E-state index in [2.05, 4.69) is 0 Å². The molecule has 0 aliphatic carbocycles. The Morgan fingerprint density at radius 1 is 1.05 bits per heavy atom. The number of nitrogens with zero attached hydrogens (tertiary/aromatic N) is 2. The van der Waals surface area contributed by atoms with Crippen molar-refractivity contribution in [2.75, 3.05) is 18.0 Å². The van der Waals surface area contributed by atoms with E-state index in [4.69, 9.17) is 0 Å². The van der Waals surface area contributed by atoms with E-state index in [9.17, 15) is 9.59 Å². The number of fused-ring (bicyclic) bond motifs is 1. The molecule has 0 spiro atoms. The first-order valence-electron chi connectivity index (χ1n) is 6.82. The number of amides is 3. The third-order valence-electron chi connectivity index (χ3n) is 3.70. The minimum absolute atomic E-state index is 0.129. The van der Waals surface area contributed by atoms with Crippen LogP contribution in [0.5, 0.6) is 0 Å². The molecular weight excluding hydrogens is 252 g/mol. The number of urea groups is 1. The molecule has 0 unspecified atom stereocenters. The lowest BCUT2D eigenvalue weighted by Gasteiger charge is -2.33. The Balaban J connectivity index is 2.13. The molecule has 0 saturated carbocycles. The summed E-state index contributed by atoms with van der Waals surface area (Å²) < 4.78 is 0. The summed E-state index contributed by atoms with van der Waals surface area (Å²) in [6.07, 6.45) is 0.378. The van der Waals surface area contributed by atoms with Crippen molar-refractivity contribution >= 4 is 28.4 Å². The fourth-order valence-electron chi connectivity index (χ4n) is 2.62. The van der Waals surface area contributed by atoms with Crippen molar-refractivity contribution in [3.8, 4) is 0 Å². The van der Waals surface area contributed by atoms with Crippen LogP contribution < -0.4 is 4.90 Å². The topological polar surface area (TPSA) is 40.6 Å². The van der Waals surface area contributed by atoms with Crippen LogP contribution in [0.1, 0.15) is 13.3 Å². The zero-order chi connectivity index (χ0) is 14.1. The Bertz CT molecular complexity index is 676. The molecule has 0 radical (unpaired) electrons. The molecule has 0 atom stereocenters. The number of carbonyl (C=O) groups excluding carboxylic acids is 2. The molecule has 4 heteroatoms. The van der Waals surface area contributed by atoms with E-state index in [1.807, 2.05) is 49.4 Å². The van der Waals surface area contributed by atoms with Gasteiger partial charge in [0.05, 0.1) is 5.69 Å². The first-order valence-corrected chi connectivity index (χ1v) is 6.82. The number of imide groups is 1. The molecule has 0 aromatic heterocycles. The average molecular weight is 268 g/mol. The third-order valence-corrected chi connectivity index (χ3v) is 3.70. The molecule has 1 heterocycles. The van der Waals surface area contributed by atoms with Crippen molar-refractivity contribution in [3.05, 3.63) is 42.5 Å². The first-order chi connectivity index (χ1) is 9.72. The quantitative estimate of drug-likeness (QED) is 0.840. The Hall–Kier alpha value is -2.36. The molecule has 1 fully saturated rings. The van der Waals surface area contributed by atoms with Crippen LogP contribution in [0.4, 0.5) is 10.5 Å². The Labute approximate surface area is 117 Å². The summed E-state index contributed by atoms with van der Waals surface area (Å²) >= 11 is 0. The van der Waals surface area contributed by atoms with E-state index in [1.54, 1.807) is 4.90 Å². The first kappa shape index (κ1) is 12.7. The minimum Gasteiger partial charge on any atom is -0.324 e. The zero-order valence-electron chi connectivity index (χ0n) is 11.4. The van der Waals surface area contributed by atoms with Crippen LogP contribution in [-0.2, 0) is 4.79 Å². The second-order valence-corrected chi connectivity index (χ2v) is 4.84. The van der Waals surface area contributed by atoms with Gasteiger partial charge in [0, 0.05) is 24.9 Å². The van der Waals surface area contributed by atoms with Crippen LogP contribution in [-0.4, -0.2) is 29.9 Å². The largest absolute Gasteiger partial charge is 0.331 e. The fraction of sp³-hybridized carbons (Fsp3) is 0.250. The number of hydrogen-bond acceptors (Lipinski definition) is 2. The summed E-state index contributed by atoms with van der Waals surface area (Å²) in [5.41, 5.74) is 0.677. The molecule has 2 aromatic rings. The Kier molecular flexibility index (Phi) is 3.14. The SMILES string of the molecule is CCN1CCC(=O)N(c2cccc3ccccc23)C1=O. The molecular formula is C16H16N2O2. The van der Waals surface area contributed by atoms with Crippen molar-refractivity contribution in [2.24, 2.45) is 0 Å². The van der Waals surface area contributed by atoms with Crippen LogP contribution in [0.3, 0.4) is 0 Å². The van der Waals surface area contributed by atoms with Gasteiger partial charge in [-0.1, -0.05) is 36.4 Å². The highest BCUT2D eigenvalue weighted by Gasteiger charge is 2.32. The van der Waals surface area contributed by atoms with Crippen molar-refractivity contribution in [3.63, 3.8) is 0 Å². The summed E-state index contributed by atoms with van der Waals surface area (Å²) in [6.45, 7) is 3.05. The molecule has 2 aromatic carbocycles. The van der Waals surface area contributed by atoms with Gasteiger partial charge in [-0.25, -0.2) is 9.69 Å². The van der Waals surface area contributed by atoms with Crippen LogP contribution in [0.15, 0.2) is 42.5 Å². The average Bonchev–Trinajstić information content (AvgIpc) is 2.48. The third kappa shape index (κ3) is 1.93. The van der Waals surface area contributed by atoms with E-state index in [0.29, 0.717) is 25.2 Å². The number of carbonyl (C=O) groups is 2. The van der Waals surface area contributed by atoms with Crippen molar-refractivity contribution in [1.29, 1.82) is 0 Å². The van der Waals surface area contributed by atoms with Gasteiger partial charge in [-0.2, -0.15) is 0 Å². The monoisotopic (exact) mass is 268 g/mol. The van der Waals surface area contributed by atoms with Gasteiger partial charge in [0.2, 0.25) is 5.91 Å². The number of rotatable bonds is 2. The highest BCUT2D eigenvalue weighted by atomic mass is 16.2. The van der Waals surface area contributed by atoms with Gasteiger partial charge in [0.1, 0.15) is 0 Å². The number of benzene rings is 2. The maximum absolute atomic E-state index is 12.4. The molecule has 20 heavy (non-hydrogen) atoms. The van der Waals surface area contributed by atoms with Gasteiger partial charge >= 0.3 is 6.03 Å². The summed E-state index contributed by atoms with van der Waals surface area (Å²) in [5, 5.41) is 1.95. The van der Waals surface area contributed by atoms with Crippen LogP contribution >= 0.6 is 0 Å². The maximum atomic E-state index is 12.4. The van der Waals surface area contributed by atoms with E-state index in [0.717, 1.165) is 10.8 Å². The van der Waals surface area contributed by atoms with E-state index < -0.39 is 0 Å². The molecule has 1 saturated heterocycles. The second kappa shape index (κ2) is 4.96. The van der Waals surface area contributed by atoms with Crippen molar-refractivity contribution in [1.82, 2.24) is 4.90 Å². The fourth-order valence-corrected chi connectivity index (χ4v) is 2.62. The highest BCUT2D eigenvalue weighted by molar-refractivity contribution is 6.19. The second-order valence-electron chi connectivity index (χ2n) is 4.84. The highest BCUT2D eigenvalue weighted by Crippen LogP contribution is 2.29. The summed E-state index contributed by atoms with van der Waals surface area (Å²) in [5.74, 6) is -0.129. The van der Waals surface area contributed by atoms with Gasteiger partial charge in [0.15, 0.2) is 0 Å². The van der Waals surface area contributed by atoms with E-state index in [-0.39, 0.29) is 11.9 Å². The lowest BCUT2D eigenvalue weighted by atomic mass is 10.1. The number of hydrogen-bond donors (Lipinski definition) is 0. The molecule has 4 nitrogen and oxygen atoms in total. The number of anilines is 1. The molecule has 1 aliphatic heterocycles. The lowest BCUT2D eigenvalue weighted by molar-refractivity contribution is -0.119. The zero-order valence-corrected chi connectivity index (χ0v) is 11.4. The van der Waals surface area contributed by atoms with Gasteiger partial charge < -0.3 is 4.90 Å². The van der Waals surface area contributed by atoms with E-state index >= 15 is 0 Å². The normalized spacial score (nSPS) is 16.1. The minimum atomic E-state index is -0.222. The van der Waals surface area contributed by atoms with Gasteiger partial charge in [-0.3, -0.25) is 4.79 Å². The predicted octanol–water partition coefficient (Wildman–Crippen LogP) is 3.02. The maximum Gasteiger partial charge on any atom is 0.331 e. The van der Waals surface area contributed by atoms with Gasteiger partial charge in [-0.05, 0) is 18.4 Å². The van der Waals surface area contributed by atoms with Crippen molar-refractivity contribution in [2.45, 2.75) is 13.3 Å². The van der Waals surface area contributed by atoms with E-state index in [1.165, 1.54) is 4.90 Å².